The normalized spacial score (nSPS) is 12.1. The lowest BCUT2D eigenvalue weighted by Gasteiger charge is -2.12. The molecule has 0 aliphatic heterocycles. The zero-order valence-electron chi connectivity index (χ0n) is 9.74. The third-order valence-electron chi connectivity index (χ3n) is 2.42. The number of rotatable bonds is 4. The maximum Gasteiger partial charge on any atom is 0.223 e. The summed E-state index contributed by atoms with van der Waals surface area (Å²) in [5.41, 5.74) is 11.8. The van der Waals surface area contributed by atoms with Gasteiger partial charge in [0.25, 0.3) is 0 Å². The Balaban J connectivity index is 1.99. The van der Waals surface area contributed by atoms with Crippen molar-refractivity contribution in [3.05, 3.63) is 42.0 Å². The van der Waals surface area contributed by atoms with Crippen LogP contribution in [0.5, 0.6) is 0 Å². The second kappa shape index (κ2) is 5.33. The molecule has 0 saturated heterocycles. The maximum atomic E-state index is 9.95. The third-order valence-corrected chi connectivity index (χ3v) is 2.42. The standard InChI is InChI=1S/C12H15N5O/c13-10-6-11(17-12(14)16-10)15-7-9(18)8-4-2-1-3-5-8/h1-6,9,18H,7H2,(H5,13,14,15,16,17). The Labute approximate surface area is 105 Å². The SMILES string of the molecule is Nc1cc(NCC(O)c2ccccc2)nc(N)n1. The summed E-state index contributed by atoms with van der Waals surface area (Å²) in [5.74, 6) is 0.890. The third kappa shape index (κ3) is 3.08. The monoisotopic (exact) mass is 245 g/mol. The highest BCUT2D eigenvalue weighted by molar-refractivity contribution is 5.48. The summed E-state index contributed by atoms with van der Waals surface area (Å²) < 4.78 is 0. The predicted octanol–water partition coefficient (Wildman–Crippen LogP) is 0.786. The Hall–Kier alpha value is -2.34. The van der Waals surface area contributed by atoms with Gasteiger partial charge in [-0.15, -0.1) is 0 Å². The second-order valence-corrected chi connectivity index (χ2v) is 3.84. The number of hydrogen-bond donors (Lipinski definition) is 4. The number of nitrogen functional groups attached to an aromatic ring is 2. The van der Waals surface area contributed by atoms with Crippen LogP contribution < -0.4 is 16.8 Å². The first-order chi connectivity index (χ1) is 8.65. The Kier molecular flexibility index (Phi) is 3.59. The van der Waals surface area contributed by atoms with Gasteiger partial charge in [-0.25, -0.2) is 0 Å². The van der Waals surface area contributed by atoms with Gasteiger partial charge in [-0.05, 0) is 5.56 Å². The van der Waals surface area contributed by atoms with Gasteiger partial charge in [-0.2, -0.15) is 9.97 Å². The van der Waals surface area contributed by atoms with Crippen LogP contribution >= 0.6 is 0 Å². The molecule has 0 aliphatic carbocycles. The lowest BCUT2D eigenvalue weighted by Crippen LogP contribution is -2.14. The molecule has 2 aromatic rings. The molecule has 6 nitrogen and oxygen atoms in total. The summed E-state index contributed by atoms with van der Waals surface area (Å²) in [6, 6.07) is 10.9. The highest BCUT2D eigenvalue weighted by Crippen LogP contribution is 2.14. The summed E-state index contributed by atoms with van der Waals surface area (Å²) in [6.45, 7) is 0.319. The van der Waals surface area contributed by atoms with Crippen LogP contribution in [0.15, 0.2) is 36.4 Å². The number of aliphatic hydroxyl groups excluding tert-OH is 1. The fourth-order valence-electron chi connectivity index (χ4n) is 1.57. The quantitative estimate of drug-likeness (QED) is 0.633. The number of nitrogens with zero attached hydrogens (tertiary/aromatic N) is 2. The van der Waals surface area contributed by atoms with E-state index in [0.717, 1.165) is 5.56 Å². The van der Waals surface area contributed by atoms with E-state index in [2.05, 4.69) is 15.3 Å². The Morgan fingerprint density at radius 3 is 2.56 bits per heavy atom. The molecule has 1 heterocycles. The molecule has 0 saturated carbocycles. The topological polar surface area (TPSA) is 110 Å². The van der Waals surface area contributed by atoms with Gasteiger partial charge in [-0.3, -0.25) is 0 Å². The van der Waals surface area contributed by atoms with Crippen LogP contribution in [0.2, 0.25) is 0 Å². The van der Waals surface area contributed by atoms with Crippen LogP contribution in [0.1, 0.15) is 11.7 Å². The number of anilines is 3. The molecule has 0 radical (unpaired) electrons. The molecular weight excluding hydrogens is 230 g/mol. The highest BCUT2D eigenvalue weighted by Gasteiger charge is 2.07. The molecule has 6 heteroatoms. The molecule has 0 aliphatic rings. The van der Waals surface area contributed by atoms with Crippen molar-refractivity contribution in [1.82, 2.24) is 9.97 Å². The van der Waals surface area contributed by atoms with Gasteiger partial charge in [0, 0.05) is 12.6 Å². The van der Waals surface area contributed by atoms with Crippen molar-refractivity contribution in [3.63, 3.8) is 0 Å². The van der Waals surface area contributed by atoms with Crippen LogP contribution in [-0.2, 0) is 0 Å². The van der Waals surface area contributed by atoms with Crippen molar-refractivity contribution in [2.24, 2.45) is 0 Å². The lowest BCUT2D eigenvalue weighted by atomic mass is 10.1. The van der Waals surface area contributed by atoms with Crippen molar-refractivity contribution in [2.75, 3.05) is 23.3 Å². The predicted molar refractivity (Wildman–Crippen MR) is 70.7 cm³/mol. The second-order valence-electron chi connectivity index (χ2n) is 3.84. The summed E-state index contributed by atoms with van der Waals surface area (Å²) in [7, 11) is 0. The number of nitrogens with one attached hydrogen (secondary N) is 1. The van der Waals surface area contributed by atoms with E-state index in [4.69, 9.17) is 11.5 Å². The van der Waals surface area contributed by atoms with Gasteiger partial charge < -0.3 is 21.9 Å². The number of nitrogens with two attached hydrogens (primary N) is 2. The zero-order chi connectivity index (χ0) is 13.0. The van der Waals surface area contributed by atoms with E-state index in [-0.39, 0.29) is 5.95 Å². The number of aliphatic hydroxyl groups is 1. The minimum Gasteiger partial charge on any atom is -0.387 e. The minimum atomic E-state index is -0.622. The van der Waals surface area contributed by atoms with Crippen molar-refractivity contribution in [1.29, 1.82) is 0 Å². The van der Waals surface area contributed by atoms with E-state index in [0.29, 0.717) is 18.2 Å². The van der Waals surface area contributed by atoms with E-state index < -0.39 is 6.10 Å². The first-order valence-electron chi connectivity index (χ1n) is 5.52. The number of aromatic nitrogens is 2. The molecule has 6 N–H and O–H groups in total. The van der Waals surface area contributed by atoms with E-state index in [1.165, 1.54) is 0 Å². The number of benzene rings is 1. The largest absolute Gasteiger partial charge is 0.387 e. The summed E-state index contributed by atoms with van der Waals surface area (Å²) in [5, 5.41) is 12.9. The van der Waals surface area contributed by atoms with Gasteiger partial charge in [0.1, 0.15) is 11.6 Å². The molecule has 1 aromatic heterocycles. The summed E-state index contributed by atoms with van der Waals surface area (Å²) in [4.78, 5) is 7.73. The lowest BCUT2D eigenvalue weighted by molar-refractivity contribution is 0.191. The molecule has 18 heavy (non-hydrogen) atoms. The Morgan fingerprint density at radius 1 is 1.17 bits per heavy atom. The van der Waals surface area contributed by atoms with Crippen molar-refractivity contribution in [2.45, 2.75) is 6.10 Å². The molecule has 1 atom stereocenters. The Bertz CT molecular complexity index is 497. The molecule has 1 unspecified atom stereocenters. The molecular formula is C12H15N5O. The summed E-state index contributed by atoms with van der Waals surface area (Å²) in [6.07, 6.45) is -0.622. The molecule has 94 valence electrons. The van der Waals surface area contributed by atoms with Crippen LogP contribution in [0.3, 0.4) is 0 Å². The summed E-state index contributed by atoms with van der Waals surface area (Å²) >= 11 is 0. The van der Waals surface area contributed by atoms with E-state index in [1.807, 2.05) is 30.3 Å². The molecule has 2 rings (SSSR count). The van der Waals surface area contributed by atoms with Gasteiger partial charge in [0.2, 0.25) is 5.95 Å². The zero-order valence-corrected chi connectivity index (χ0v) is 9.74. The van der Waals surface area contributed by atoms with Gasteiger partial charge >= 0.3 is 0 Å². The molecule has 0 amide bonds. The number of hydrogen-bond acceptors (Lipinski definition) is 6. The average Bonchev–Trinajstić information content (AvgIpc) is 2.36. The first kappa shape index (κ1) is 12.1. The van der Waals surface area contributed by atoms with Crippen molar-refractivity contribution in [3.8, 4) is 0 Å². The fourth-order valence-corrected chi connectivity index (χ4v) is 1.57. The van der Waals surface area contributed by atoms with Gasteiger partial charge in [0.05, 0.1) is 6.10 Å². The minimum absolute atomic E-state index is 0.103. The molecule has 0 bridgehead atoms. The van der Waals surface area contributed by atoms with E-state index in [9.17, 15) is 5.11 Å². The van der Waals surface area contributed by atoms with E-state index in [1.54, 1.807) is 6.07 Å². The van der Waals surface area contributed by atoms with Crippen LogP contribution in [0.25, 0.3) is 0 Å². The van der Waals surface area contributed by atoms with Gasteiger partial charge in [-0.1, -0.05) is 30.3 Å². The van der Waals surface area contributed by atoms with Gasteiger partial charge in [0.15, 0.2) is 0 Å². The van der Waals surface area contributed by atoms with Crippen LogP contribution in [-0.4, -0.2) is 21.6 Å². The molecule has 0 spiro atoms. The highest BCUT2D eigenvalue weighted by atomic mass is 16.3. The van der Waals surface area contributed by atoms with Crippen LogP contribution in [0.4, 0.5) is 17.6 Å². The first-order valence-corrected chi connectivity index (χ1v) is 5.52. The fraction of sp³-hybridized carbons (Fsp3) is 0.167. The molecule has 1 aromatic carbocycles. The molecule has 0 fully saturated rings. The van der Waals surface area contributed by atoms with E-state index >= 15 is 0 Å². The smallest absolute Gasteiger partial charge is 0.223 e. The maximum absolute atomic E-state index is 9.95. The van der Waals surface area contributed by atoms with Crippen LogP contribution in [0, 0.1) is 0 Å². The average molecular weight is 245 g/mol. The Morgan fingerprint density at radius 2 is 1.89 bits per heavy atom. The van der Waals surface area contributed by atoms with Crippen molar-refractivity contribution < 1.29 is 5.11 Å². The van der Waals surface area contributed by atoms with Crippen molar-refractivity contribution >= 4 is 17.6 Å².